The highest BCUT2D eigenvalue weighted by Gasteiger charge is 2.39. The van der Waals surface area contributed by atoms with Crippen LogP contribution in [0.1, 0.15) is 30.1 Å². The van der Waals surface area contributed by atoms with E-state index in [9.17, 15) is 19.5 Å². The molecule has 10 heteroatoms. The number of hydrogen-bond donors (Lipinski definition) is 3. The van der Waals surface area contributed by atoms with Gasteiger partial charge in [-0.1, -0.05) is 12.1 Å². The third-order valence-electron chi connectivity index (χ3n) is 4.84. The topological polar surface area (TPSA) is 112 Å². The minimum absolute atomic E-state index is 0.0723. The Morgan fingerprint density at radius 1 is 1.21 bits per heavy atom. The molecular weight excluding hydrogens is 412 g/mol. The zero-order valence-corrected chi connectivity index (χ0v) is 17.3. The highest BCUT2D eigenvalue weighted by Crippen LogP contribution is 2.30. The summed E-state index contributed by atoms with van der Waals surface area (Å²) in [4.78, 5) is 41.6. The second-order valence-corrected chi connectivity index (χ2v) is 9.20. The molecule has 1 aromatic heterocycles. The van der Waals surface area contributed by atoms with E-state index in [-0.39, 0.29) is 17.2 Å². The van der Waals surface area contributed by atoms with Gasteiger partial charge < -0.3 is 15.7 Å². The Kier molecular flexibility index (Phi) is 5.46. The Bertz CT molecular complexity index is 942. The summed E-state index contributed by atoms with van der Waals surface area (Å²) in [5.41, 5.74) is 2.12. The Labute approximate surface area is 175 Å². The molecule has 3 N–H and O–H groups in total. The van der Waals surface area contributed by atoms with Crippen molar-refractivity contribution < 1.29 is 19.5 Å². The molecule has 2 aromatic rings. The molecule has 4 rings (SSSR count). The number of anilines is 1. The van der Waals surface area contributed by atoms with Gasteiger partial charge in [0.2, 0.25) is 5.91 Å². The fraction of sp³-hybridized carbons (Fsp3) is 0.368. The summed E-state index contributed by atoms with van der Waals surface area (Å²) in [7, 11) is 0. The minimum Gasteiger partial charge on any atom is -0.465 e. The number of thiazole rings is 1. The largest absolute Gasteiger partial charge is 0.465 e. The molecule has 1 saturated carbocycles. The second-order valence-electron chi connectivity index (χ2n) is 6.99. The predicted octanol–water partition coefficient (Wildman–Crippen LogP) is 3.08. The van der Waals surface area contributed by atoms with Gasteiger partial charge in [-0.25, -0.2) is 9.78 Å². The average Bonchev–Trinajstić information content (AvgIpc) is 3.23. The Hall–Kier alpha value is -2.59. The van der Waals surface area contributed by atoms with Crippen LogP contribution in [0.25, 0.3) is 11.3 Å². The van der Waals surface area contributed by atoms with E-state index in [1.165, 1.54) is 28.0 Å². The van der Waals surface area contributed by atoms with Gasteiger partial charge in [0.05, 0.1) is 11.1 Å². The van der Waals surface area contributed by atoms with Crippen LogP contribution in [0.3, 0.4) is 0 Å². The highest BCUT2D eigenvalue weighted by atomic mass is 32.2. The van der Waals surface area contributed by atoms with E-state index in [0.717, 1.165) is 18.4 Å². The number of thioether (sulfide) groups is 1. The van der Waals surface area contributed by atoms with E-state index >= 15 is 0 Å². The van der Waals surface area contributed by atoms with E-state index in [1.54, 1.807) is 19.1 Å². The van der Waals surface area contributed by atoms with Crippen molar-refractivity contribution in [3.05, 3.63) is 35.2 Å². The Balaban J connectivity index is 1.41. The first-order chi connectivity index (χ1) is 13.9. The van der Waals surface area contributed by atoms with Crippen molar-refractivity contribution in [2.24, 2.45) is 0 Å². The lowest BCUT2D eigenvalue weighted by Crippen LogP contribution is -2.46. The number of carbonyl (C=O) groups is 3. The number of aromatic nitrogens is 1. The molecule has 3 amide bonds. The van der Waals surface area contributed by atoms with Crippen molar-refractivity contribution in [3.8, 4) is 11.3 Å². The number of nitrogens with one attached hydrogen (secondary N) is 2. The first kappa shape index (κ1) is 19.7. The molecule has 0 spiro atoms. The smallest absolute Gasteiger partial charge is 0.408 e. The van der Waals surface area contributed by atoms with Crippen LogP contribution in [0, 0.1) is 0 Å². The van der Waals surface area contributed by atoms with Crippen molar-refractivity contribution in [1.82, 2.24) is 15.2 Å². The number of nitrogens with zero attached hydrogens (tertiary/aromatic N) is 2. The van der Waals surface area contributed by atoms with E-state index in [0.29, 0.717) is 28.2 Å². The van der Waals surface area contributed by atoms with E-state index < -0.39 is 12.1 Å². The number of carboxylic acid groups (broad SMARTS) is 1. The summed E-state index contributed by atoms with van der Waals surface area (Å²) in [5.74, 6) is -0.0313. The van der Waals surface area contributed by atoms with Crippen molar-refractivity contribution in [1.29, 1.82) is 0 Å². The third-order valence-corrected chi connectivity index (χ3v) is 6.81. The number of hydrogen-bond acceptors (Lipinski definition) is 6. The number of amides is 3. The zero-order valence-electron chi connectivity index (χ0n) is 15.6. The van der Waals surface area contributed by atoms with E-state index in [2.05, 4.69) is 15.6 Å². The van der Waals surface area contributed by atoms with Gasteiger partial charge in [0.25, 0.3) is 5.91 Å². The van der Waals surface area contributed by atoms with Gasteiger partial charge in [-0.05, 0) is 31.9 Å². The molecule has 2 atom stereocenters. The second kappa shape index (κ2) is 8.03. The predicted molar refractivity (Wildman–Crippen MR) is 112 cm³/mol. The highest BCUT2D eigenvalue weighted by molar-refractivity contribution is 8.00. The molecule has 1 aromatic carbocycles. The summed E-state index contributed by atoms with van der Waals surface area (Å²) in [6.45, 7) is 1.77. The van der Waals surface area contributed by atoms with Crippen LogP contribution in [0.5, 0.6) is 0 Å². The molecule has 1 saturated heterocycles. The lowest BCUT2D eigenvalue weighted by atomic mass is 10.1. The van der Waals surface area contributed by atoms with Gasteiger partial charge >= 0.3 is 6.09 Å². The summed E-state index contributed by atoms with van der Waals surface area (Å²) >= 11 is 2.70. The summed E-state index contributed by atoms with van der Waals surface area (Å²) in [5, 5.41) is 17.0. The molecule has 2 aliphatic rings. The monoisotopic (exact) mass is 432 g/mol. The van der Waals surface area contributed by atoms with Crippen molar-refractivity contribution in [2.45, 2.75) is 37.2 Å². The maximum atomic E-state index is 12.5. The van der Waals surface area contributed by atoms with Gasteiger partial charge in [0.1, 0.15) is 6.04 Å². The van der Waals surface area contributed by atoms with Crippen LogP contribution in [0.2, 0.25) is 0 Å². The molecule has 29 heavy (non-hydrogen) atoms. The average molecular weight is 433 g/mol. The first-order valence-electron chi connectivity index (χ1n) is 9.23. The third kappa shape index (κ3) is 4.38. The lowest BCUT2D eigenvalue weighted by molar-refractivity contribution is -0.119. The van der Waals surface area contributed by atoms with Crippen molar-refractivity contribution in [2.75, 3.05) is 11.1 Å². The quantitative estimate of drug-likeness (QED) is 0.669. The van der Waals surface area contributed by atoms with Gasteiger partial charge in [-0.3, -0.25) is 14.5 Å². The SMILES string of the molecule is CC1SCC(C(=O)Nc2nc(-c3ccc(C(=O)NC4CC4)cc3)cs2)N1C(=O)O. The maximum absolute atomic E-state index is 12.5. The number of carbonyl (C=O) groups excluding carboxylic acids is 2. The summed E-state index contributed by atoms with van der Waals surface area (Å²) < 4.78 is 0. The molecule has 2 unspecified atom stereocenters. The van der Waals surface area contributed by atoms with Gasteiger partial charge in [-0.2, -0.15) is 0 Å². The van der Waals surface area contributed by atoms with E-state index in [1.807, 2.05) is 17.5 Å². The maximum Gasteiger partial charge on any atom is 0.408 e. The fourth-order valence-electron chi connectivity index (χ4n) is 3.08. The van der Waals surface area contributed by atoms with Crippen LogP contribution < -0.4 is 10.6 Å². The van der Waals surface area contributed by atoms with Crippen LogP contribution in [0.4, 0.5) is 9.93 Å². The molecule has 8 nitrogen and oxygen atoms in total. The number of benzene rings is 1. The standard InChI is InChI=1S/C19H20N4O4S2/c1-10-23(19(26)27)15(9-28-10)17(25)22-18-21-14(8-29-18)11-2-4-12(5-3-11)16(24)20-13-6-7-13/h2-5,8,10,13,15H,6-7,9H2,1H3,(H,20,24)(H,26,27)(H,21,22,25). The van der Waals surface area contributed by atoms with Crippen LogP contribution in [-0.2, 0) is 4.79 Å². The molecular formula is C19H20N4O4S2. The molecule has 2 heterocycles. The minimum atomic E-state index is -1.10. The van der Waals surface area contributed by atoms with Gasteiger partial charge in [-0.15, -0.1) is 23.1 Å². The van der Waals surface area contributed by atoms with Gasteiger partial charge in [0.15, 0.2) is 5.13 Å². The fourth-order valence-corrected chi connectivity index (χ4v) is 4.97. The molecule has 1 aliphatic heterocycles. The number of rotatable bonds is 5. The van der Waals surface area contributed by atoms with E-state index in [4.69, 9.17) is 0 Å². The Morgan fingerprint density at radius 2 is 1.93 bits per heavy atom. The lowest BCUT2D eigenvalue weighted by Gasteiger charge is -2.22. The van der Waals surface area contributed by atoms with Crippen LogP contribution in [-0.4, -0.2) is 56.1 Å². The van der Waals surface area contributed by atoms with Crippen LogP contribution >= 0.6 is 23.1 Å². The summed E-state index contributed by atoms with van der Waals surface area (Å²) in [6, 6.07) is 6.74. The molecule has 2 fully saturated rings. The van der Waals surface area contributed by atoms with Crippen molar-refractivity contribution in [3.63, 3.8) is 0 Å². The van der Waals surface area contributed by atoms with Crippen LogP contribution in [0.15, 0.2) is 29.6 Å². The molecule has 1 aliphatic carbocycles. The first-order valence-corrected chi connectivity index (χ1v) is 11.2. The molecule has 152 valence electrons. The zero-order chi connectivity index (χ0) is 20.5. The summed E-state index contributed by atoms with van der Waals surface area (Å²) in [6.07, 6.45) is 0.980. The Morgan fingerprint density at radius 3 is 2.59 bits per heavy atom. The van der Waals surface area contributed by atoms with Crippen molar-refractivity contribution >= 4 is 46.1 Å². The normalized spacial score (nSPS) is 21.1. The molecule has 0 radical (unpaired) electrons. The molecule has 0 bridgehead atoms. The van der Waals surface area contributed by atoms with Gasteiger partial charge in [0, 0.05) is 28.3 Å².